The molecule has 4 rings (SSSR count). The summed E-state index contributed by atoms with van der Waals surface area (Å²) in [7, 11) is 0. The molecule has 0 N–H and O–H groups in total. The molecule has 0 aliphatic carbocycles. The Hall–Kier alpha value is -2.77. The Morgan fingerprint density at radius 2 is 2.04 bits per heavy atom. The minimum atomic E-state index is 0.0593. The molecule has 1 atom stereocenters. The molecule has 25 heavy (non-hydrogen) atoms. The number of para-hydroxylation sites is 1. The highest BCUT2D eigenvalue weighted by Crippen LogP contribution is 2.27. The lowest BCUT2D eigenvalue weighted by molar-refractivity contribution is 0.216. The minimum Gasteiger partial charge on any atom is -0.472 e. The van der Waals surface area contributed by atoms with E-state index >= 15 is 0 Å². The Bertz CT molecular complexity index is 967. The van der Waals surface area contributed by atoms with Gasteiger partial charge < -0.3 is 9.64 Å². The quantitative estimate of drug-likeness (QED) is 0.702. The molecule has 124 valence electrons. The van der Waals surface area contributed by atoms with Crippen molar-refractivity contribution in [3.05, 3.63) is 65.2 Å². The third-order valence-corrected chi connectivity index (χ3v) is 4.66. The minimum absolute atomic E-state index is 0.0593. The first-order valence-electron chi connectivity index (χ1n) is 8.20. The second-order valence-electron chi connectivity index (χ2n) is 6.09. The molecule has 0 bridgehead atoms. The van der Waals surface area contributed by atoms with Crippen LogP contribution in [0.25, 0.3) is 10.9 Å². The smallest absolute Gasteiger partial charge is 0.214 e. The molecule has 5 heteroatoms. The van der Waals surface area contributed by atoms with Crippen LogP contribution in [0.2, 0.25) is 5.02 Å². The Morgan fingerprint density at radius 3 is 2.92 bits per heavy atom. The van der Waals surface area contributed by atoms with Crippen molar-refractivity contribution in [2.75, 3.05) is 18.0 Å². The molecule has 0 unspecified atom stereocenters. The molecule has 4 nitrogen and oxygen atoms in total. The number of hydrogen-bond donors (Lipinski definition) is 0. The van der Waals surface area contributed by atoms with Crippen molar-refractivity contribution < 1.29 is 4.74 Å². The molecular formula is C20H16ClN3O. The molecular weight excluding hydrogens is 334 g/mol. The van der Waals surface area contributed by atoms with E-state index in [0.717, 1.165) is 36.1 Å². The average Bonchev–Trinajstić information content (AvgIpc) is 3.10. The largest absolute Gasteiger partial charge is 0.472 e. The summed E-state index contributed by atoms with van der Waals surface area (Å²) in [5, 5.41) is 11.0. The van der Waals surface area contributed by atoms with Crippen LogP contribution in [-0.2, 0) is 0 Å². The molecule has 1 aromatic heterocycles. The molecule has 3 aromatic rings. The van der Waals surface area contributed by atoms with Gasteiger partial charge >= 0.3 is 0 Å². The van der Waals surface area contributed by atoms with E-state index in [4.69, 9.17) is 16.3 Å². The van der Waals surface area contributed by atoms with Crippen molar-refractivity contribution in [1.29, 1.82) is 5.26 Å². The first kappa shape index (κ1) is 15.7. The molecule has 1 fully saturated rings. The summed E-state index contributed by atoms with van der Waals surface area (Å²) in [4.78, 5) is 6.76. The number of anilines is 1. The van der Waals surface area contributed by atoms with Gasteiger partial charge in [0, 0.05) is 29.4 Å². The van der Waals surface area contributed by atoms with Crippen LogP contribution in [0.4, 0.5) is 5.69 Å². The van der Waals surface area contributed by atoms with Gasteiger partial charge in [-0.2, -0.15) is 5.26 Å². The first-order chi connectivity index (χ1) is 12.2. The van der Waals surface area contributed by atoms with Crippen molar-refractivity contribution in [1.82, 2.24) is 4.98 Å². The molecule has 0 spiro atoms. The number of halogens is 1. The summed E-state index contributed by atoms with van der Waals surface area (Å²) in [6, 6.07) is 19.4. The van der Waals surface area contributed by atoms with Gasteiger partial charge in [-0.25, -0.2) is 4.98 Å². The SMILES string of the molecule is N#Cc1ccccc1N1CC[C@@H](Oc2ccc3cc(Cl)ccc3n2)C1. The summed E-state index contributed by atoms with van der Waals surface area (Å²) in [5.41, 5.74) is 2.53. The molecule has 0 saturated carbocycles. The van der Waals surface area contributed by atoms with Crippen molar-refractivity contribution in [2.45, 2.75) is 12.5 Å². The van der Waals surface area contributed by atoms with Crippen LogP contribution >= 0.6 is 11.6 Å². The first-order valence-corrected chi connectivity index (χ1v) is 8.58. The number of pyridine rings is 1. The zero-order chi connectivity index (χ0) is 17.2. The standard InChI is InChI=1S/C20H16ClN3O/c21-16-6-7-18-14(11-16)5-8-20(23-18)25-17-9-10-24(13-17)19-4-2-1-3-15(19)12-22/h1-8,11,17H,9-10,13H2/t17-/m1/s1. The zero-order valence-corrected chi connectivity index (χ0v) is 14.3. The van der Waals surface area contributed by atoms with Crippen LogP contribution in [-0.4, -0.2) is 24.2 Å². The van der Waals surface area contributed by atoms with Gasteiger partial charge in [0.05, 0.1) is 23.3 Å². The van der Waals surface area contributed by atoms with E-state index in [-0.39, 0.29) is 6.10 Å². The van der Waals surface area contributed by atoms with E-state index in [2.05, 4.69) is 16.0 Å². The van der Waals surface area contributed by atoms with Gasteiger partial charge in [-0.3, -0.25) is 0 Å². The number of nitriles is 1. The van der Waals surface area contributed by atoms with Crippen LogP contribution in [0.15, 0.2) is 54.6 Å². The van der Waals surface area contributed by atoms with Gasteiger partial charge in [-0.1, -0.05) is 23.7 Å². The number of rotatable bonds is 3. The van der Waals surface area contributed by atoms with Gasteiger partial charge in [0.1, 0.15) is 12.2 Å². The Kier molecular flexibility index (Phi) is 4.17. The van der Waals surface area contributed by atoms with E-state index < -0.39 is 0 Å². The predicted molar refractivity (Wildman–Crippen MR) is 99.2 cm³/mol. The number of aromatic nitrogens is 1. The molecule has 1 saturated heterocycles. The fourth-order valence-corrected chi connectivity index (χ4v) is 3.38. The topological polar surface area (TPSA) is 49.2 Å². The molecule has 2 heterocycles. The summed E-state index contributed by atoms with van der Waals surface area (Å²) in [6.45, 7) is 1.62. The lowest BCUT2D eigenvalue weighted by Gasteiger charge is -2.20. The summed E-state index contributed by atoms with van der Waals surface area (Å²) in [5.74, 6) is 0.621. The van der Waals surface area contributed by atoms with Crippen molar-refractivity contribution in [2.24, 2.45) is 0 Å². The summed E-state index contributed by atoms with van der Waals surface area (Å²) < 4.78 is 6.07. The highest BCUT2D eigenvalue weighted by molar-refractivity contribution is 6.31. The van der Waals surface area contributed by atoms with E-state index in [9.17, 15) is 5.26 Å². The zero-order valence-electron chi connectivity index (χ0n) is 13.5. The van der Waals surface area contributed by atoms with Crippen LogP contribution in [0.1, 0.15) is 12.0 Å². The highest BCUT2D eigenvalue weighted by atomic mass is 35.5. The van der Waals surface area contributed by atoms with E-state index in [1.807, 2.05) is 54.6 Å². The van der Waals surface area contributed by atoms with Crippen LogP contribution < -0.4 is 9.64 Å². The molecule has 1 aliphatic rings. The number of benzene rings is 2. The Balaban J connectivity index is 1.49. The second-order valence-corrected chi connectivity index (χ2v) is 6.53. The van der Waals surface area contributed by atoms with Gasteiger partial charge in [0.25, 0.3) is 0 Å². The van der Waals surface area contributed by atoms with Crippen LogP contribution in [0.5, 0.6) is 5.88 Å². The fourth-order valence-electron chi connectivity index (χ4n) is 3.20. The normalized spacial score (nSPS) is 16.8. The summed E-state index contributed by atoms with van der Waals surface area (Å²) >= 11 is 6.01. The second kappa shape index (κ2) is 6.62. The van der Waals surface area contributed by atoms with Gasteiger partial charge in [0.15, 0.2) is 0 Å². The van der Waals surface area contributed by atoms with E-state index in [1.165, 1.54) is 0 Å². The lowest BCUT2D eigenvalue weighted by Crippen LogP contribution is -2.25. The van der Waals surface area contributed by atoms with E-state index in [0.29, 0.717) is 16.5 Å². The molecule has 1 aliphatic heterocycles. The fraction of sp³-hybridized carbons (Fsp3) is 0.200. The average molecular weight is 350 g/mol. The summed E-state index contributed by atoms with van der Waals surface area (Å²) in [6.07, 6.45) is 0.962. The van der Waals surface area contributed by atoms with Crippen LogP contribution in [0, 0.1) is 11.3 Å². The Morgan fingerprint density at radius 1 is 1.16 bits per heavy atom. The molecule has 2 aromatic carbocycles. The maximum absolute atomic E-state index is 9.27. The molecule has 0 amide bonds. The highest BCUT2D eigenvalue weighted by Gasteiger charge is 2.26. The van der Waals surface area contributed by atoms with Gasteiger partial charge in [0.2, 0.25) is 5.88 Å². The van der Waals surface area contributed by atoms with Crippen molar-refractivity contribution in [3.63, 3.8) is 0 Å². The van der Waals surface area contributed by atoms with Gasteiger partial charge in [-0.05, 0) is 36.4 Å². The third-order valence-electron chi connectivity index (χ3n) is 4.42. The number of nitrogens with zero attached hydrogens (tertiary/aromatic N) is 3. The van der Waals surface area contributed by atoms with Crippen molar-refractivity contribution >= 4 is 28.2 Å². The van der Waals surface area contributed by atoms with Gasteiger partial charge in [-0.15, -0.1) is 0 Å². The Labute approximate surface area is 151 Å². The van der Waals surface area contributed by atoms with Crippen molar-refractivity contribution in [3.8, 4) is 11.9 Å². The third kappa shape index (κ3) is 3.24. The maximum atomic E-state index is 9.27. The monoisotopic (exact) mass is 349 g/mol. The lowest BCUT2D eigenvalue weighted by atomic mass is 10.2. The maximum Gasteiger partial charge on any atom is 0.214 e. The van der Waals surface area contributed by atoms with Crippen LogP contribution in [0.3, 0.4) is 0 Å². The number of ether oxygens (including phenoxy) is 1. The molecule has 0 radical (unpaired) electrons. The van der Waals surface area contributed by atoms with E-state index in [1.54, 1.807) is 0 Å². The predicted octanol–water partition coefficient (Wildman–Crippen LogP) is 4.42. The number of hydrogen-bond acceptors (Lipinski definition) is 4. The number of fused-ring (bicyclic) bond motifs is 1.